The van der Waals surface area contributed by atoms with Crippen LogP contribution in [0.25, 0.3) is 0 Å². The van der Waals surface area contributed by atoms with E-state index in [1.165, 1.54) is 6.92 Å². The fourth-order valence-electron chi connectivity index (χ4n) is 5.53. The zero-order valence-electron chi connectivity index (χ0n) is 19.4. The molecule has 3 aliphatic rings. The average molecular weight is 445 g/mol. The molecule has 0 unspecified atom stereocenters. The van der Waals surface area contributed by atoms with Crippen LogP contribution in [0.1, 0.15) is 71.0 Å². The van der Waals surface area contributed by atoms with Gasteiger partial charge < -0.3 is 24.8 Å². The van der Waals surface area contributed by atoms with Crippen molar-refractivity contribution in [3.8, 4) is 11.5 Å². The number of rotatable bonds is 6. The van der Waals surface area contributed by atoms with Crippen molar-refractivity contribution in [1.29, 1.82) is 0 Å². The third-order valence-corrected chi connectivity index (χ3v) is 7.29. The number of likely N-dealkylation sites (tertiary alicyclic amines) is 1. The molecule has 1 aromatic carbocycles. The Kier molecular flexibility index (Phi) is 6.65. The molecule has 7 heteroatoms. The minimum absolute atomic E-state index is 0.00674. The Morgan fingerprint density at radius 3 is 2.84 bits per heavy atom. The van der Waals surface area contributed by atoms with Crippen molar-refractivity contribution in [3.63, 3.8) is 0 Å². The van der Waals surface area contributed by atoms with E-state index in [2.05, 4.69) is 19.2 Å². The third-order valence-electron chi connectivity index (χ3n) is 7.29. The number of amides is 2. The second kappa shape index (κ2) is 9.30. The Balaban J connectivity index is 1.34. The molecular formula is C25H36N2O5. The van der Waals surface area contributed by atoms with Crippen molar-refractivity contribution in [3.05, 3.63) is 23.8 Å². The summed E-state index contributed by atoms with van der Waals surface area (Å²) in [6, 6.07) is 5.50. The van der Waals surface area contributed by atoms with E-state index in [1.807, 2.05) is 17.0 Å². The summed E-state index contributed by atoms with van der Waals surface area (Å²) in [6.45, 7) is 7.80. The van der Waals surface area contributed by atoms with Gasteiger partial charge in [0.15, 0.2) is 11.5 Å². The van der Waals surface area contributed by atoms with Gasteiger partial charge in [-0.25, -0.2) is 0 Å². The number of nitrogens with one attached hydrogen (secondary N) is 1. The summed E-state index contributed by atoms with van der Waals surface area (Å²) in [5, 5.41) is 13.1. The number of ether oxygens (including phenoxy) is 2. The minimum atomic E-state index is -0.457. The number of nitrogens with zero attached hydrogens (tertiary/aromatic N) is 1. The Morgan fingerprint density at radius 2 is 2.06 bits per heavy atom. The van der Waals surface area contributed by atoms with Crippen LogP contribution in [-0.2, 0) is 14.3 Å². The Bertz CT molecular complexity index is 855. The number of aromatic hydroxyl groups is 1. The molecule has 0 spiro atoms. The molecule has 4 rings (SSSR count). The number of fused-ring (bicyclic) bond motifs is 4. The van der Waals surface area contributed by atoms with Crippen LogP contribution in [0.2, 0.25) is 0 Å². The molecule has 32 heavy (non-hydrogen) atoms. The van der Waals surface area contributed by atoms with Gasteiger partial charge in [0.25, 0.3) is 0 Å². The number of unbranched alkanes of at least 4 members (excludes halogenated alkanes) is 2. The van der Waals surface area contributed by atoms with Crippen molar-refractivity contribution in [2.45, 2.75) is 77.1 Å². The molecule has 176 valence electrons. The zero-order valence-corrected chi connectivity index (χ0v) is 19.4. The highest BCUT2D eigenvalue weighted by molar-refractivity contribution is 5.76. The summed E-state index contributed by atoms with van der Waals surface area (Å²) >= 11 is 0. The molecule has 2 amide bonds. The number of para-hydroxylation sites is 1. The molecule has 7 nitrogen and oxygen atoms in total. The van der Waals surface area contributed by atoms with Gasteiger partial charge in [0.05, 0.1) is 12.2 Å². The first-order valence-corrected chi connectivity index (χ1v) is 11.9. The van der Waals surface area contributed by atoms with Crippen molar-refractivity contribution >= 4 is 11.8 Å². The molecule has 0 saturated carbocycles. The fourth-order valence-corrected chi connectivity index (χ4v) is 5.53. The van der Waals surface area contributed by atoms with Crippen molar-refractivity contribution in [2.24, 2.45) is 11.8 Å². The molecule has 3 aliphatic heterocycles. The van der Waals surface area contributed by atoms with E-state index >= 15 is 0 Å². The van der Waals surface area contributed by atoms with Crippen LogP contribution >= 0.6 is 0 Å². The number of benzene rings is 1. The van der Waals surface area contributed by atoms with E-state index in [1.54, 1.807) is 6.07 Å². The van der Waals surface area contributed by atoms with Gasteiger partial charge in [-0.1, -0.05) is 18.6 Å². The smallest absolute Gasteiger partial charge is 0.222 e. The van der Waals surface area contributed by atoms with Gasteiger partial charge in [-0.15, -0.1) is 0 Å². The van der Waals surface area contributed by atoms with Crippen LogP contribution < -0.4 is 10.1 Å². The van der Waals surface area contributed by atoms with Crippen LogP contribution in [0.3, 0.4) is 0 Å². The van der Waals surface area contributed by atoms with Crippen LogP contribution in [0.4, 0.5) is 0 Å². The second-order valence-electron chi connectivity index (χ2n) is 10.0. The summed E-state index contributed by atoms with van der Waals surface area (Å²) in [5.41, 5.74) is 0.479. The highest BCUT2D eigenvalue weighted by Gasteiger charge is 2.52. The fraction of sp³-hybridized carbons (Fsp3) is 0.680. The maximum Gasteiger partial charge on any atom is 0.222 e. The minimum Gasteiger partial charge on any atom is -0.504 e. The quantitative estimate of drug-likeness (QED) is 0.655. The Hall–Kier alpha value is -2.28. The number of hydrogen-bond acceptors (Lipinski definition) is 5. The third kappa shape index (κ3) is 4.72. The number of carbonyl (C=O) groups excluding carboxylic acids is 2. The Morgan fingerprint density at radius 1 is 1.25 bits per heavy atom. The number of carbonyl (C=O) groups is 2. The zero-order chi connectivity index (χ0) is 22.9. The van der Waals surface area contributed by atoms with Crippen molar-refractivity contribution in [1.82, 2.24) is 10.2 Å². The van der Waals surface area contributed by atoms with Crippen molar-refractivity contribution in [2.75, 3.05) is 19.6 Å². The maximum absolute atomic E-state index is 12.8. The lowest BCUT2D eigenvalue weighted by molar-refractivity contribution is -0.189. The summed E-state index contributed by atoms with van der Waals surface area (Å²) in [4.78, 5) is 25.7. The van der Waals surface area contributed by atoms with Crippen LogP contribution in [-0.4, -0.2) is 53.2 Å². The molecule has 1 aromatic rings. The van der Waals surface area contributed by atoms with E-state index in [-0.39, 0.29) is 35.7 Å². The van der Waals surface area contributed by atoms with Crippen molar-refractivity contribution < 1.29 is 24.2 Å². The first-order chi connectivity index (χ1) is 15.3. The van der Waals surface area contributed by atoms with Gasteiger partial charge >= 0.3 is 0 Å². The molecule has 2 saturated heterocycles. The molecule has 0 aliphatic carbocycles. The molecule has 4 atom stereocenters. The monoisotopic (exact) mass is 444 g/mol. The predicted octanol–water partition coefficient (Wildman–Crippen LogP) is 3.55. The molecular weight excluding hydrogens is 408 g/mol. The summed E-state index contributed by atoms with van der Waals surface area (Å²) < 4.78 is 12.9. The maximum atomic E-state index is 12.8. The molecule has 3 heterocycles. The first-order valence-electron chi connectivity index (χ1n) is 11.9. The highest BCUT2D eigenvalue weighted by atomic mass is 16.5. The number of phenols is 1. The van der Waals surface area contributed by atoms with E-state index in [9.17, 15) is 14.7 Å². The van der Waals surface area contributed by atoms with Gasteiger partial charge in [-0.2, -0.15) is 0 Å². The van der Waals surface area contributed by atoms with Crippen LogP contribution in [0, 0.1) is 11.8 Å². The summed E-state index contributed by atoms with van der Waals surface area (Å²) in [7, 11) is 0. The van der Waals surface area contributed by atoms with E-state index in [4.69, 9.17) is 9.47 Å². The SMILES string of the molecule is CC(=O)NCCCCCC(=O)N1CC[C@@H]2O[C@@H]3c4cccc(O)c4OC(C)(C)[C@H]3C[C@H]2C1. The normalized spacial score (nSPS) is 28.0. The molecule has 0 aromatic heterocycles. The second-order valence-corrected chi connectivity index (χ2v) is 10.0. The molecule has 2 fully saturated rings. The standard InChI is InChI=1S/C25H36N2O5/c1-16(28)26-12-6-4-5-10-22(30)27-13-11-21-17(15-27)14-19-23(31-21)18-8-7-9-20(29)24(18)32-25(19,2)3/h7-9,17,19,21,23,29H,4-6,10-15H2,1-3H3,(H,26,28)/t17-,19-,21-,23+/m0/s1. The topological polar surface area (TPSA) is 88.1 Å². The molecule has 0 radical (unpaired) electrons. The van der Waals surface area contributed by atoms with Gasteiger partial charge in [-0.3, -0.25) is 9.59 Å². The molecule has 2 N–H and O–H groups in total. The van der Waals surface area contributed by atoms with Crippen LogP contribution in [0.5, 0.6) is 11.5 Å². The average Bonchev–Trinajstić information content (AvgIpc) is 2.75. The largest absolute Gasteiger partial charge is 0.504 e. The lowest BCUT2D eigenvalue weighted by atomic mass is 9.70. The van der Waals surface area contributed by atoms with Gasteiger partial charge in [0, 0.05) is 50.4 Å². The van der Waals surface area contributed by atoms with Crippen LogP contribution in [0.15, 0.2) is 18.2 Å². The summed E-state index contributed by atoms with van der Waals surface area (Å²) in [6.07, 6.45) is 5.08. The van der Waals surface area contributed by atoms with Gasteiger partial charge in [0.1, 0.15) is 5.60 Å². The molecule has 0 bridgehead atoms. The predicted molar refractivity (Wildman–Crippen MR) is 120 cm³/mol. The van der Waals surface area contributed by atoms with Gasteiger partial charge in [-0.05, 0) is 45.6 Å². The number of hydrogen-bond donors (Lipinski definition) is 2. The Labute approximate surface area is 190 Å². The van der Waals surface area contributed by atoms with E-state index in [0.717, 1.165) is 50.8 Å². The van der Waals surface area contributed by atoms with E-state index in [0.29, 0.717) is 24.6 Å². The number of phenolic OH excluding ortho intramolecular Hbond substituents is 1. The summed E-state index contributed by atoms with van der Waals surface area (Å²) in [5.74, 6) is 1.39. The lowest BCUT2D eigenvalue weighted by Crippen LogP contribution is -2.55. The lowest BCUT2D eigenvalue weighted by Gasteiger charge is -2.53. The van der Waals surface area contributed by atoms with E-state index < -0.39 is 5.60 Å². The van der Waals surface area contributed by atoms with Gasteiger partial charge in [0.2, 0.25) is 11.8 Å². The first kappa shape index (κ1) is 22.9. The highest BCUT2D eigenvalue weighted by Crippen LogP contribution is 2.54. The number of piperidine rings is 1.